The first-order chi connectivity index (χ1) is 15.7. The summed E-state index contributed by atoms with van der Waals surface area (Å²) in [5, 5.41) is 10.9. The molecule has 32 heavy (non-hydrogen) atoms. The zero-order valence-electron chi connectivity index (χ0n) is 17.0. The fourth-order valence-corrected chi connectivity index (χ4v) is 3.94. The van der Waals surface area contributed by atoms with Gasteiger partial charge in [0.25, 0.3) is 0 Å². The van der Waals surface area contributed by atoms with Crippen molar-refractivity contribution in [3.63, 3.8) is 0 Å². The number of carbonyl (C=O) groups is 1. The van der Waals surface area contributed by atoms with Crippen molar-refractivity contribution in [3.8, 4) is 23.1 Å². The number of aromatic nitrogens is 5. The molecule has 2 aliphatic heterocycles. The summed E-state index contributed by atoms with van der Waals surface area (Å²) in [6.45, 7) is 2.59. The number of nitrogens with one attached hydrogen (secondary N) is 2. The van der Waals surface area contributed by atoms with Crippen LogP contribution < -0.4 is 15.0 Å². The third-order valence-electron chi connectivity index (χ3n) is 5.54. The molecule has 0 atom stereocenters. The van der Waals surface area contributed by atoms with Crippen LogP contribution in [0, 0.1) is 0 Å². The molecule has 0 spiro atoms. The number of hydrogen-bond acceptors (Lipinski definition) is 8. The molecule has 0 bridgehead atoms. The highest BCUT2D eigenvalue weighted by Gasteiger charge is 2.21. The summed E-state index contributed by atoms with van der Waals surface area (Å²) in [5.41, 5.74) is 3.42. The molecule has 0 aliphatic carbocycles. The quantitative estimate of drug-likeness (QED) is 0.508. The zero-order chi connectivity index (χ0) is 21.5. The van der Waals surface area contributed by atoms with E-state index >= 15 is 0 Å². The van der Waals surface area contributed by atoms with Crippen LogP contribution in [0.1, 0.15) is 5.56 Å². The number of nitrogens with zero attached hydrogens (tertiary/aromatic N) is 5. The summed E-state index contributed by atoms with van der Waals surface area (Å²) in [6.07, 6.45) is 2.13. The second kappa shape index (κ2) is 7.57. The van der Waals surface area contributed by atoms with E-state index in [9.17, 15) is 4.79 Å². The van der Waals surface area contributed by atoms with Gasteiger partial charge in [-0.05, 0) is 17.7 Å². The molecule has 2 N–H and O–H groups in total. The van der Waals surface area contributed by atoms with E-state index < -0.39 is 0 Å². The summed E-state index contributed by atoms with van der Waals surface area (Å²) in [6, 6.07) is 11.5. The molecule has 1 amide bonds. The number of fused-ring (bicyclic) bond motifs is 2. The lowest BCUT2D eigenvalue weighted by Crippen LogP contribution is -2.37. The number of hydrogen-bond donors (Lipinski definition) is 2. The van der Waals surface area contributed by atoms with Gasteiger partial charge < -0.3 is 19.7 Å². The molecule has 10 nitrogen and oxygen atoms in total. The van der Waals surface area contributed by atoms with Crippen LogP contribution in [0.25, 0.3) is 22.3 Å². The van der Waals surface area contributed by atoms with Gasteiger partial charge in [0.15, 0.2) is 5.82 Å². The van der Waals surface area contributed by atoms with Gasteiger partial charge in [-0.3, -0.25) is 9.89 Å². The van der Waals surface area contributed by atoms with Crippen molar-refractivity contribution >= 4 is 28.4 Å². The number of carbonyl (C=O) groups excluding carboxylic acids is 1. The fraction of sp³-hybridized carbons (Fsp3) is 0.227. The van der Waals surface area contributed by atoms with Crippen molar-refractivity contribution in [3.05, 3.63) is 48.2 Å². The lowest BCUT2D eigenvalue weighted by atomic mass is 10.1. The van der Waals surface area contributed by atoms with Crippen LogP contribution in [0.4, 0.5) is 11.6 Å². The number of aromatic amines is 1. The lowest BCUT2D eigenvalue weighted by molar-refractivity contribution is -0.115. The molecule has 10 heteroatoms. The molecular formula is C22H19N7O3. The zero-order valence-corrected chi connectivity index (χ0v) is 17.0. The summed E-state index contributed by atoms with van der Waals surface area (Å²) in [4.78, 5) is 27.6. The number of anilines is 2. The molecule has 0 saturated carbocycles. The molecule has 6 rings (SSSR count). The first kappa shape index (κ1) is 18.7. The fourth-order valence-electron chi connectivity index (χ4n) is 3.94. The Hall–Kier alpha value is -4.05. The van der Waals surface area contributed by atoms with Crippen LogP contribution >= 0.6 is 0 Å². The Bertz CT molecular complexity index is 1330. The van der Waals surface area contributed by atoms with Gasteiger partial charge >= 0.3 is 6.01 Å². The first-order valence-corrected chi connectivity index (χ1v) is 10.3. The second-order valence-electron chi connectivity index (χ2n) is 7.62. The van der Waals surface area contributed by atoms with E-state index in [0.29, 0.717) is 50.2 Å². The van der Waals surface area contributed by atoms with Crippen LogP contribution in [0.5, 0.6) is 11.8 Å². The Morgan fingerprint density at radius 1 is 1.06 bits per heavy atom. The van der Waals surface area contributed by atoms with E-state index in [0.717, 1.165) is 27.7 Å². The predicted molar refractivity (Wildman–Crippen MR) is 117 cm³/mol. The minimum absolute atomic E-state index is 0.0255. The van der Waals surface area contributed by atoms with Gasteiger partial charge in [0.1, 0.15) is 5.75 Å². The lowest BCUT2D eigenvalue weighted by Gasteiger charge is -2.27. The Kier molecular flexibility index (Phi) is 4.43. The maximum atomic E-state index is 11.7. The van der Waals surface area contributed by atoms with Crippen LogP contribution in [-0.4, -0.2) is 57.4 Å². The number of morpholine rings is 1. The highest BCUT2D eigenvalue weighted by Crippen LogP contribution is 2.32. The van der Waals surface area contributed by atoms with Gasteiger partial charge in [0.2, 0.25) is 11.9 Å². The van der Waals surface area contributed by atoms with Gasteiger partial charge in [-0.15, -0.1) is 0 Å². The molecule has 2 aromatic heterocycles. The highest BCUT2D eigenvalue weighted by molar-refractivity contribution is 5.99. The molecule has 4 aromatic rings. The topological polar surface area (TPSA) is 118 Å². The van der Waals surface area contributed by atoms with Gasteiger partial charge in [-0.2, -0.15) is 20.1 Å². The Labute approximate surface area is 182 Å². The van der Waals surface area contributed by atoms with Crippen molar-refractivity contribution < 1.29 is 14.3 Å². The van der Waals surface area contributed by atoms with E-state index in [4.69, 9.17) is 14.5 Å². The average Bonchev–Trinajstić information content (AvgIpc) is 3.44. The summed E-state index contributed by atoms with van der Waals surface area (Å²) >= 11 is 0. The van der Waals surface area contributed by atoms with Crippen molar-refractivity contribution in [2.45, 2.75) is 6.42 Å². The maximum absolute atomic E-state index is 11.7. The molecule has 160 valence electrons. The summed E-state index contributed by atoms with van der Waals surface area (Å²) in [7, 11) is 0. The minimum atomic E-state index is -0.0255. The normalized spacial score (nSPS) is 15.6. The summed E-state index contributed by atoms with van der Waals surface area (Å²) in [5.74, 6) is 1.54. The van der Waals surface area contributed by atoms with Crippen LogP contribution in [0.2, 0.25) is 0 Å². The van der Waals surface area contributed by atoms with Crippen molar-refractivity contribution in [2.75, 3.05) is 36.5 Å². The molecule has 2 aromatic carbocycles. The Balaban J connectivity index is 1.42. The second-order valence-corrected chi connectivity index (χ2v) is 7.62. The standard InChI is InChI=1S/C22H19N7O3/c30-19-10-13-4-5-14(11-18(13)24-19)32-22-26-20(15-2-1-3-17-16(15)12-23-28-17)25-21(27-22)29-6-8-31-9-7-29/h1-5,11-12H,6-10H2,(H,23,28)(H,24,30). The predicted octanol–water partition coefficient (Wildman–Crippen LogP) is 2.54. The van der Waals surface area contributed by atoms with Crippen molar-refractivity contribution in [1.82, 2.24) is 25.1 Å². The Morgan fingerprint density at radius 2 is 1.97 bits per heavy atom. The number of rotatable bonds is 4. The number of H-pyrrole nitrogens is 1. The largest absolute Gasteiger partial charge is 0.424 e. The molecular weight excluding hydrogens is 410 g/mol. The number of amides is 1. The Morgan fingerprint density at radius 3 is 2.88 bits per heavy atom. The van der Waals surface area contributed by atoms with Gasteiger partial charge in [-0.25, -0.2) is 0 Å². The number of benzene rings is 2. The van der Waals surface area contributed by atoms with Crippen LogP contribution in [0.3, 0.4) is 0 Å². The average molecular weight is 429 g/mol. The van der Waals surface area contributed by atoms with Crippen molar-refractivity contribution in [2.24, 2.45) is 0 Å². The van der Waals surface area contributed by atoms with Gasteiger partial charge in [-0.1, -0.05) is 18.2 Å². The molecule has 4 heterocycles. The summed E-state index contributed by atoms with van der Waals surface area (Å²) < 4.78 is 11.5. The molecule has 1 saturated heterocycles. The molecule has 2 aliphatic rings. The smallest absolute Gasteiger partial charge is 0.327 e. The van der Waals surface area contributed by atoms with E-state index in [-0.39, 0.29) is 11.9 Å². The van der Waals surface area contributed by atoms with E-state index in [2.05, 4.69) is 30.4 Å². The van der Waals surface area contributed by atoms with E-state index in [1.807, 2.05) is 30.3 Å². The van der Waals surface area contributed by atoms with E-state index in [1.54, 1.807) is 12.3 Å². The molecule has 0 radical (unpaired) electrons. The SMILES string of the molecule is O=C1Cc2ccc(Oc3nc(-c4cccc5[nH]ncc45)nc(N4CCOCC4)n3)cc2N1. The maximum Gasteiger partial charge on any atom is 0.327 e. The number of ether oxygens (including phenoxy) is 2. The van der Waals surface area contributed by atoms with Gasteiger partial charge in [0.05, 0.1) is 31.3 Å². The minimum Gasteiger partial charge on any atom is -0.424 e. The van der Waals surface area contributed by atoms with Crippen molar-refractivity contribution in [1.29, 1.82) is 0 Å². The molecule has 0 unspecified atom stereocenters. The monoisotopic (exact) mass is 429 g/mol. The van der Waals surface area contributed by atoms with Crippen LogP contribution in [-0.2, 0) is 16.0 Å². The molecule has 1 fully saturated rings. The van der Waals surface area contributed by atoms with E-state index in [1.165, 1.54) is 0 Å². The van der Waals surface area contributed by atoms with Gasteiger partial charge in [0, 0.05) is 35.8 Å². The van der Waals surface area contributed by atoms with Crippen LogP contribution in [0.15, 0.2) is 42.6 Å². The highest BCUT2D eigenvalue weighted by atomic mass is 16.5. The third kappa shape index (κ3) is 3.40. The third-order valence-corrected chi connectivity index (χ3v) is 5.54. The first-order valence-electron chi connectivity index (χ1n) is 10.3.